The smallest absolute Gasteiger partial charge is 0.305 e. The molecule has 0 radical (unpaired) electrons. The molecule has 22 nitrogen and oxygen atoms in total. The fraction of sp³-hybridized carbons (Fsp3) is 0.349. The number of carboxylic acid groups (broad SMARTS) is 1. The molecule has 562 valence electrons. The second-order valence-corrected chi connectivity index (χ2v) is 28.7. The number of aliphatic carboxylic acids is 1. The third-order valence-corrected chi connectivity index (χ3v) is 19.6. The molecule has 0 bridgehead atoms. The number of ether oxygens (including phenoxy) is 2. The number of Topliss-reactive ketones (excluding diaryl/α,β-unsaturated/α-hetero) is 2. The van der Waals surface area contributed by atoms with E-state index in [0.29, 0.717) is 66.4 Å². The van der Waals surface area contributed by atoms with Crippen LogP contribution in [0.2, 0.25) is 0 Å². The molecule has 4 N–H and O–H groups in total. The first-order valence-corrected chi connectivity index (χ1v) is 36.8. The fourth-order valence-corrected chi connectivity index (χ4v) is 14.2. The van der Waals surface area contributed by atoms with Gasteiger partial charge in [-0.3, -0.25) is 62.6 Å². The van der Waals surface area contributed by atoms with E-state index >= 15 is 0 Å². The number of para-hydroxylation sites is 3. The molecular formula is C86H96N10O12. The van der Waals surface area contributed by atoms with Gasteiger partial charge in [0.1, 0.15) is 35.9 Å². The van der Waals surface area contributed by atoms with Gasteiger partial charge >= 0.3 is 5.97 Å². The number of likely N-dealkylation sites (tertiary alicyclic amines) is 1. The number of carboxylic acids is 1. The molecule has 9 aromatic rings. The second-order valence-electron chi connectivity index (χ2n) is 28.7. The van der Waals surface area contributed by atoms with Gasteiger partial charge in [0.25, 0.3) is 11.5 Å². The monoisotopic (exact) mass is 1460 g/mol. The predicted molar refractivity (Wildman–Crippen MR) is 416 cm³/mol. The van der Waals surface area contributed by atoms with Crippen molar-refractivity contribution >= 4 is 69.3 Å². The number of morpholine rings is 1. The van der Waals surface area contributed by atoms with Crippen LogP contribution in [0.3, 0.4) is 0 Å². The number of amides is 5. The molecule has 2 fully saturated rings. The summed E-state index contributed by atoms with van der Waals surface area (Å²) in [5.74, 6) is -1.58. The molecule has 12 rings (SSSR count). The molecule has 3 aliphatic rings. The Morgan fingerprint density at radius 3 is 1.94 bits per heavy atom. The van der Waals surface area contributed by atoms with Crippen molar-refractivity contribution in [3.63, 3.8) is 0 Å². The number of carbonyl (C=O) groups is 8. The Kier molecular flexibility index (Phi) is 26.8. The Bertz CT molecular complexity index is 4770. The van der Waals surface area contributed by atoms with Gasteiger partial charge < -0.3 is 40.3 Å². The number of pyridine rings is 2. The van der Waals surface area contributed by atoms with Gasteiger partial charge in [-0.15, -0.1) is 0 Å². The quantitative estimate of drug-likeness (QED) is 0.0437. The Morgan fingerprint density at radius 2 is 1.24 bits per heavy atom. The predicted octanol–water partition coefficient (Wildman–Crippen LogP) is 13.1. The molecule has 0 aliphatic carbocycles. The molecule has 108 heavy (non-hydrogen) atoms. The lowest BCUT2D eigenvalue weighted by atomic mass is 9.93. The molecular weight excluding hydrogens is 1370 g/mol. The average Bonchev–Trinajstić information content (AvgIpc) is 0.783. The highest BCUT2D eigenvalue weighted by atomic mass is 16.5. The number of nitrogens with one attached hydrogen (secondary N) is 3. The van der Waals surface area contributed by atoms with Crippen LogP contribution in [0.15, 0.2) is 194 Å². The lowest BCUT2D eigenvalue weighted by Gasteiger charge is -2.37. The lowest BCUT2D eigenvalue weighted by Crippen LogP contribution is -2.49. The number of fused-ring (bicyclic) bond motifs is 2. The summed E-state index contributed by atoms with van der Waals surface area (Å²) < 4.78 is 12.6. The molecule has 6 heterocycles. The zero-order chi connectivity index (χ0) is 77.3. The number of benzene rings is 6. The van der Waals surface area contributed by atoms with Crippen molar-refractivity contribution in [2.24, 2.45) is 11.8 Å². The van der Waals surface area contributed by atoms with Gasteiger partial charge in [0, 0.05) is 62.5 Å². The standard InChI is InChI=1S/C31H35N3O3.C28H35N5O4.C27H26N2O5/c1-20-13-14-28(36)34(19-20)30(24-11-6-5-7-12-24)31(37)33-27(15-23(4)35)25-16-26(18-32-17-25)29-21(2)9-8-10-22(29)3;1-18(2)11-26(33-17-30-24-8-6-5-7-23(24)28(33)36)27(35)31-25(12-20(4)34)21-13-22(15-29-14-21)32-9-10-37-16-19(32)3;1-17-8-3-4-11-21(17)19-9-7-10-20(14-19)22(15-26(31)32)28-25(30)16-29-23-12-5-6-13-24(23)34-18(2)27(29)33/h5-12,16-18,20,27,30H,13-15,19H2,1-4H3,(H,33,37);5-8,13-15,17-19,25-26H,9-12,16H2,1-4H3,(H,31,35);3-14,18,22H,15-16H2,1-2H3,(H,28,30)(H,31,32)/t20?,27-,30-;19-,25+,26-;18?,22-/m000/s1. The van der Waals surface area contributed by atoms with Crippen molar-refractivity contribution in [3.05, 3.63) is 238 Å². The second kappa shape index (κ2) is 36.7. The molecule has 5 amide bonds. The van der Waals surface area contributed by atoms with E-state index in [2.05, 4.69) is 75.6 Å². The SMILES string of the molecule is CC(=O)C[C@@H](NC(=O)[C@H](CC(C)C)n1cnc2ccccc2c1=O)c1cncc(N2CCOC[C@@H]2C)c1.CC(=O)C[C@H](NC(=O)[C@H](c1ccccc1)N1CC(C)CCC1=O)c1cncc(-c2c(C)cccc2C)c1.Cc1ccccc1-c1cccc([C@H](CC(=O)O)NC(=O)CN2C(=O)C(C)Oc3ccccc32)c1. The number of hydrogen-bond donors (Lipinski definition) is 4. The number of anilines is 2. The van der Waals surface area contributed by atoms with Gasteiger partial charge in [0.15, 0.2) is 6.10 Å². The fourth-order valence-electron chi connectivity index (χ4n) is 14.2. The summed E-state index contributed by atoms with van der Waals surface area (Å²) in [6, 6.07) is 45.8. The molecule has 2 unspecified atom stereocenters. The minimum atomic E-state index is -1.03. The van der Waals surface area contributed by atoms with Crippen molar-refractivity contribution in [2.75, 3.05) is 42.6 Å². The van der Waals surface area contributed by atoms with Crippen molar-refractivity contribution in [1.82, 2.24) is 40.4 Å². The zero-order valence-corrected chi connectivity index (χ0v) is 62.9. The average molecular weight is 1460 g/mol. The summed E-state index contributed by atoms with van der Waals surface area (Å²) in [7, 11) is 0. The summed E-state index contributed by atoms with van der Waals surface area (Å²) in [6.45, 7) is 21.3. The highest BCUT2D eigenvalue weighted by Gasteiger charge is 2.38. The molecule has 22 heteroatoms. The largest absolute Gasteiger partial charge is 0.481 e. The maximum absolute atomic E-state index is 13.9. The maximum Gasteiger partial charge on any atom is 0.305 e. The highest BCUT2D eigenvalue weighted by Crippen LogP contribution is 2.36. The normalized spacial score (nSPS) is 16.9. The Hall–Kier alpha value is -11.5. The topological polar surface area (TPSA) is 282 Å². The lowest BCUT2D eigenvalue weighted by molar-refractivity contribution is -0.144. The first-order valence-electron chi connectivity index (χ1n) is 36.8. The minimum absolute atomic E-state index is 0.0242. The van der Waals surface area contributed by atoms with Crippen LogP contribution in [-0.4, -0.2) is 122 Å². The van der Waals surface area contributed by atoms with Crippen LogP contribution in [0.5, 0.6) is 5.75 Å². The first kappa shape index (κ1) is 79.1. The first-order chi connectivity index (χ1) is 51.8. The number of nitrogens with zero attached hydrogens (tertiary/aromatic N) is 7. The van der Waals surface area contributed by atoms with E-state index in [0.717, 1.165) is 74.3 Å². The van der Waals surface area contributed by atoms with E-state index < -0.39 is 48.2 Å². The zero-order valence-electron chi connectivity index (χ0n) is 62.9. The van der Waals surface area contributed by atoms with Crippen LogP contribution in [0.4, 0.5) is 11.4 Å². The molecule has 2 saturated heterocycles. The minimum Gasteiger partial charge on any atom is -0.481 e. The highest BCUT2D eigenvalue weighted by molar-refractivity contribution is 6.04. The van der Waals surface area contributed by atoms with Crippen molar-refractivity contribution in [3.8, 4) is 28.0 Å². The summed E-state index contributed by atoms with van der Waals surface area (Å²) >= 11 is 0. The van der Waals surface area contributed by atoms with Gasteiger partial charge in [-0.25, -0.2) is 4.98 Å². The number of rotatable bonds is 24. The number of hydrogen-bond acceptors (Lipinski definition) is 15. The van der Waals surface area contributed by atoms with E-state index in [1.54, 1.807) is 78.9 Å². The third-order valence-electron chi connectivity index (χ3n) is 19.6. The summed E-state index contributed by atoms with van der Waals surface area (Å²) in [4.78, 5) is 134. The van der Waals surface area contributed by atoms with Crippen molar-refractivity contribution in [2.45, 2.75) is 150 Å². The van der Waals surface area contributed by atoms with Crippen LogP contribution in [0, 0.1) is 32.6 Å². The van der Waals surface area contributed by atoms with Crippen molar-refractivity contribution < 1.29 is 52.9 Å². The van der Waals surface area contributed by atoms with E-state index in [-0.39, 0.29) is 78.5 Å². The number of carbonyl (C=O) groups excluding carboxylic acids is 7. The van der Waals surface area contributed by atoms with Crippen molar-refractivity contribution in [1.29, 1.82) is 0 Å². The number of aromatic nitrogens is 4. The maximum atomic E-state index is 13.9. The third kappa shape index (κ3) is 20.1. The Morgan fingerprint density at radius 1 is 0.630 bits per heavy atom. The van der Waals surface area contributed by atoms with Crippen LogP contribution in [0.1, 0.15) is 156 Å². The van der Waals surface area contributed by atoms with Crippen LogP contribution >= 0.6 is 0 Å². The number of aryl methyl sites for hydroxylation is 3. The van der Waals surface area contributed by atoms with Gasteiger partial charge in [-0.05, 0) is 171 Å². The van der Waals surface area contributed by atoms with Gasteiger partial charge in [0.2, 0.25) is 23.6 Å². The van der Waals surface area contributed by atoms with E-state index in [9.17, 15) is 48.3 Å². The molecule has 0 spiro atoms. The van der Waals surface area contributed by atoms with E-state index in [4.69, 9.17) is 9.47 Å². The molecule has 6 aromatic carbocycles. The molecule has 0 saturated carbocycles. The number of ketones is 2. The van der Waals surface area contributed by atoms with Gasteiger partial charge in [0.05, 0.1) is 72.6 Å². The molecule has 3 aliphatic heterocycles. The Labute approximate surface area is 630 Å². The van der Waals surface area contributed by atoms with Crippen LogP contribution < -0.4 is 36.0 Å². The van der Waals surface area contributed by atoms with E-state index in [1.165, 1.54) is 29.6 Å². The van der Waals surface area contributed by atoms with Gasteiger partial charge in [-0.1, -0.05) is 136 Å². The molecule has 3 aromatic heterocycles. The van der Waals surface area contributed by atoms with Gasteiger partial charge in [-0.2, -0.15) is 0 Å². The summed E-state index contributed by atoms with van der Waals surface area (Å²) in [5.41, 5.74) is 12.1. The summed E-state index contributed by atoms with van der Waals surface area (Å²) in [6.07, 6.45) is 9.38. The summed E-state index contributed by atoms with van der Waals surface area (Å²) in [5, 5.41) is 18.9. The van der Waals surface area contributed by atoms with Crippen LogP contribution in [-0.2, 0) is 43.1 Å². The van der Waals surface area contributed by atoms with Crippen LogP contribution in [0.25, 0.3) is 33.2 Å². The number of piperidine rings is 1. The molecule has 8 atom stereocenters. The van der Waals surface area contributed by atoms with E-state index in [1.807, 2.05) is 124 Å². The Balaban J connectivity index is 0.000000173.